The van der Waals surface area contributed by atoms with Crippen LogP contribution < -0.4 is 26.2 Å². The van der Waals surface area contributed by atoms with Crippen LogP contribution in [0.3, 0.4) is 0 Å². The zero-order chi connectivity index (χ0) is 79.4. The van der Waals surface area contributed by atoms with Crippen molar-refractivity contribution in [1.29, 1.82) is 0 Å². The molecule has 1 aromatic heterocycles. The van der Waals surface area contributed by atoms with E-state index in [1.807, 2.05) is 12.1 Å². The lowest BCUT2D eigenvalue weighted by Crippen LogP contribution is -2.61. The van der Waals surface area contributed by atoms with Crippen LogP contribution in [0, 0.1) is 0 Å². The highest BCUT2D eigenvalue weighted by Crippen LogP contribution is 2.65. The number of benzene rings is 15. The lowest BCUT2D eigenvalue weighted by Gasteiger charge is -2.46. The summed E-state index contributed by atoms with van der Waals surface area (Å²) >= 11 is 0. The van der Waals surface area contributed by atoms with Gasteiger partial charge in [0, 0.05) is 50.2 Å². The molecule has 0 fully saturated rings. The Labute approximate surface area is 640 Å². The number of aromatic nitrogens is 1. The molecule has 0 N–H and O–H groups in total. The summed E-state index contributed by atoms with van der Waals surface area (Å²) in [6.07, 6.45) is 0. The molecule has 512 valence electrons. The number of nitrogens with zero attached hydrogens (tertiary/aromatic N) is 3. The van der Waals surface area contributed by atoms with E-state index in [-0.39, 0.29) is 50.1 Å². The fourth-order valence-electron chi connectivity index (χ4n) is 18.2. The average molecular weight is 1380 g/mol. The third-order valence-corrected chi connectivity index (χ3v) is 23.3. The fraction of sp³-hybridized carbons (Fsp3) is 0.126. The summed E-state index contributed by atoms with van der Waals surface area (Å²) in [5.74, 6) is 0. The number of fused-ring (bicyclic) bond motifs is 17. The second-order valence-corrected chi connectivity index (χ2v) is 32.5. The maximum atomic E-state index is 10.2. The average Bonchev–Trinajstić information content (AvgIpc) is 1.65. The van der Waals surface area contributed by atoms with E-state index in [1.54, 1.807) is 4.57 Å². The molecule has 0 atom stereocenters. The minimum atomic E-state index is -0.703. The molecule has 3 heterocycles. The molecule has 0 bridgehead atoms. The van der Waals surface area contributed by atoms with Crippen LogP contribution in [0.5, 0.6) is 0 Å². The summed E-state index contributed by atoms with van der Waals surface area (Å²) in [5.41, 5.74) is 30.6. The Bertz CT molecular complexity index is 6610. The molecular formula is C103H82BN3. The van der Waals surface area contributed by atoms with Crippen LogP contribution in [-0.2, 0) is 21.7 Å². The van der Waals surface area contributed by atoms with Crippen LogP contribution in [0.2, 0.25) is 0 Å². The molecule has 0 unspecified atom stereocenters. The van der Waals surface area contributed by atoms with Crippen molar-refractivity contribution in [2.45, 2.75) is 84.0 Å². The third-order valence-electron chi connectivity index (χ3n) is 23.3. The van der Waals surface area contributed by atoms with Gasteiger partial charge in [-0.15, -0.1) is 0 Å². The number of anilines is 6. The minimum Gasteiger partial charge on any atom is -0.311 e. The normalized spacial score (nSPS) is 14.7. The van der Waals surface area contributed by atoms with E-state index in [0.29, 0.717) is 5.69 Å². The molecule has 0 amide bonds. The Balaban J connectivity index is 0.990. The van der Waals surface area contributed by atoms with Gasteiger partial charge in [0.2, 0.25) is 0 Å². The van der Waals surface area contributed by atoms with Gasteiger partial charge in [0.25, 0.3) is 6.71 Å². The van der Waals surface area contributed by atoms with Crippen LogP contribution in [-0.4, -0.2) is 11.3 Å². The second kappa shape index (κ2) is 23.9. The molecule has 0 saturated heterocycles. The summed E-state index contributed by atoms with van der Waals surface area (Å²) < 4.78 is 79.5. The fourth-order valence-corrected chi connectivity index (χ4v) is 18.2. The first-order chi connectivity index (χ1) is 55.3. The lowest BCUT2D eigenvalue weighted by molar-refractivity contribution is 0.569. The Morgan fingerprint density at radius 1 is 0.299 bits per heavy atom. The maximum Gasteiger partial charge on any atom is 0.252 e. The second-order valence-electron chi connectivity index (χ2n) is 32.5. The summed E-state index contributed by atoms with van der Waals surface area (Å²) in [4.78, 5) is 4.89. The van der Waals surface area contributed by atoms with Crippen molar-refractivity contribution in [3.05, 3.63) is 372 Å². The van der Waals surface area contributed by atoms with Crippen molar-refractivity contribution in [3.8, 4) is 83.6 Å². The molecule has 3 nitrogen and oxygen atoms in total. The van der Waals surface area contributed by atoms with Crippen molar-refractivity contribution in [2.75, 3.05) is 9.80 Å². The van der Waals surface area contributed by atoms with E-state index in [1.165, 1.54) is 55.6 Å². The first-order valence-corrected chi connectivity index (χ1v) is 37.4. The predicted octanol–water partition coefficient (Wildman–Crippen LogP) is 25.4. The molecule has 0 saturated carbocycles. The largest absolute Gasteiger partial charge is 0.311 e. The van der Waals surface area contributed by atoms with E-state index >= 15 is 0 Å². The van der Waals surface area contributed by atoms with Gasteiger partial charge in [-0.3, -0.25) is 0 Å². The van der Waals surface area contributed by atoms with Crippen molar-refractivity contribution >= 4 is 79.0 Å². The van der Waals surface area contributed by atoms with Crippen LogP contribution in [0.25, 0.3) is 105 Å². The minimum absolute atomic E-state index is 0.00305. The van der Waals surface area contributed by atoms with E-state index in [0.717, 1.165) is 112 Å². The summed E-state index contributed by atoms with van der Waals surface area (Å²) in [5, 5.41) is -0.00609. The highest BCUT2D eigenvalue weighted by Gasteiger charge is 2.53. The van der Waals surface area contributed by atoms with Crippen molar-refractivity contribution in [1.82, 2.24) is 4.57 Å². The van der Waals surface area contributed by atoms with E-state index < -0.39 is 48.4 Å². The SMILES string of the molecule is [2H]c1c([2H])c([2H])c2c(c1[2H])c1c([2H])c([2H])c([2H])c([2H])c1n2-c1cc2c3c(c1)N(c1c(-c4ccccc4)cccc1-c1ccccc1)c1ccc(-c4cc(C(C)(C)C)cc(C(C)(C)C)c4)cc1B3c1ccc(-c3cccc4c3C3(c5ccccc5-c5ccccc53)c3ccccc3-4)cc1N2c1ccc(C(C)(C)C)cc1-c1ccccc1. The number of rotatable bonds is 8. The number of para-hydroxylation sites is 3. The molecule has 4 aliphatic rings. The number of hydrogen-bond donors (Lipinski definition) is 0. The Hall–Kier alpha value is -12.2. The van der Waals surface area contributed by atoms with Crippen LogP contribution in [0.15, 0.2) is 333 Å². The van der Waals surface area contributed by atoms with Crippen LogP contribution >= 0.6 is 0 Å². The first-order valence-electron chi connectivity index (χ1n) is 41.4. The summed E-state index contributed by atoms with van der Waals surface area (Å²) in [7, 11) is 0. The van der Waals surface area contributed by atoms with Gasteiger partial charge in [-0.05, 0) is 181 Å². The Morgan fingerprint density at radius 3 is 1.31 bits per heavy atom. The topological polar surface area (TPSA) is 11.4 Å². The standard InChI is InChI=1S/C103H82BN3/c1-100(2,3)71-53-56-92(84(62-71)67-35-17-12-18-36-67)106-94-60-69(75-42-29-45-83-80-39-21-26-48-87(80)103(97(75)83)85-46-24-19-37-78(85)79-38-20-25-47-86(79)103)51-54-88(94)104-89-59-68(70-57-72(101(4,5)6)61-73(58-70)102(7,8)9)52-55-93(89)107(99-76(65-31-13-10-14-32-65)43-30-44-77(99)66-33-15-11-16-34-66)96-64-74(63-95(106)98(96)104)105-90-49-27-22-40-81(90)82-41-23-28-50-91(82)105/h10-64H,1-9H3/i22D,23D,27D,28D,40D,41D,49D,50D. The predicted molar refractivity (Wildman–Crippen MR) is 454 cm³/mol. The highest BCUT2D eigenvalue weighted by molar-refractivity contribution is 7.00. The van der Waals surface area contributed by atoms with Gasteiger partial charge in [-0.2, -0.15) is 0 Å². The van der Waals surface area contributed by atoms with Gasteiger partial charge in [0.1, 0.15) is 0 Å². The maximum absolute atomic E-state index is 10.2. The highest BCUT2D eigenvalue weighted by atomic mass is 15.2. The summed E-state index contributed by atoms with van der Waals surface area (Å²) in [6, 6.07) is 101. The van der Waals surface area contributed by atoms with Gasteiger partial charge in [0.05, 0.1) is 44.5 Å². The van der Waals surface area contributed by atoms with Gasteiger partial charge in [0.15, 0.2) is 0 Å². The molecule has 2 aliphatic heterocycles. The molecule has 1 spiro atoms. The van der Waals surface area contributed by atoms with Crippen molar-refractivity contribution < 1.29 is 11.0 Å². The van der Waals surface area contributed by atoms with E-state index in [9.17, 15) is 11.0 Å². The zero-order valence-corrected chi connectivity index (χ0v) is 61.6. The van der Waals surface area contributed by atoms with Crippen molar-refractivity contribution in [3.63, 3.8) is 0 Å². The molecule has 4 heteroatoms. The molecule has 16 aromatic rings. The molecule has 107 heavy (non-hydrogen) atoms. The van der Waals surface area contributed by atoms with E-state index in [4.69, 9.17) is 0 Å². The number of hydrogen-bond acceptors (Lipinski definition) is 2. The summed E-state index contributed by atoms with van der Waals surface area (Å²) in [6.45, 7) is 20.0. The zero-order valence-electron chi connectivity index (χ0n) is 69.6. The van der Waals surface area contributed by atoms with E-state index in [2.05, 4.69) is 345 Å². The lowest BCUT2D eigenvalue weighted by atomic mass is 9.33. The molecule has 0 radical (unpaired) electrons. The Kier molecular flexibility index (Phi) is 12.5. The first kappa shape index (κ1) is 56.2. The van der Waals surface area contributed by atoms with Gasteiger partial charge in [-0.1, -0.05) is 347 Å². The van der Waals surface area contributed by atoms with Gasteiger partial charge in [-0.25, -0.2) is 0 Å². The third kappa shape index (κ3) is 9.81. The molecule has 2 aliphatic carbocycles. The molecule has 15 aromatic carbocycles. The Morgan fingerprint density at radius 2 is 0.757 bits per heavy atom. The van der Waals surface area contributed by atoms with Crippen molar-refractivity contribution in [2.24, 2.45) is 0 Å². The van der Waals surface area contributed by atoms with Gasteiger partial charge >= 0.3 is 0 Å². The van der Waals surface area contributed by atoms with Gasteiger partial charge < -0.3 is 14.4 Å². The molecule has 20 rings (SSSR count). The molecular weight excluding hydrogens is 1290 g/mol. The quantitative estimate of drug-likeness (QED) is 0.141. The van der Waals surface area contributed by atoms with Crippen LogP contribution in [0.4, 0.5) is 34.1 Å². The monoisotopic (exact) mass is 1380 g/mol. The smallest absolute Gasteiger partial charge is 0.252 e. The van der Waals surface area contributed by atoms with Crippen LogP contribution in [0.1, 0.15) is 112 Å².